The first-order valence-corrected chi connectivity index (χ1v) is 15.0. The SMILES string of the molecule is CC1(C)CC[C@]2(C(=O)n3ccnc3)CC[C@]3(C)[C@H](C(=O)C=C4[C@]3(C)CC[C@@H]3C(C)(C)C(=O)C(C#N)=C[C@]43C)[C@@H]2C1. The molecule has 0 aliphatic heterocycles. The molecule has 6 nitrogen and oxygen atoms in total. The van der Waals surface area contributed by atoms with Crippen LogP contribution in [0, 0.1) is 61.6 Å². The fourth-order valence-electron chi connectivity index (χ4n) is 10.6. The number of nitrogens with zero attached hydrogens (tertiary/aromatic N) is 3. The molecule has 0 aromatic carbocycles. The molecule has 6 rings (SSSR count). The second kappa shape index (κ2) is 8.14. The molecule has 3 fully saturated rings. The van der Waals surface area contributed by atoms with E-state index in [1.807, 2.05) is 26.0 Å². The van der Waals surface area contributed by atoms with E-state index >= 15 is 0 Å². The number of ketones is 2. The van der Waals surface area contributed by atoms with Crippen LogP contribution in [0.4, 0.5) is 0 Å². The van der Waals surface area contributed by atoms with Gasteiger partial charge >= 0.3 is 0 Å². The maximum Gasteiger partial charge on any atom is 0.238 e. The zero-order valence-corrected chi connectivity index (χ0v) is 25.1. The molecule has 1 heterocycles. The minimum atomic E-state index is -0.677. The molecule has 0 bridgehead atoms. The van der Waals surface area contributed by atoms with E-state index in [1.165, 1.54) is 0 Å². The largest absolute Gasteiger partial charge is 0.295 e. The van der Waals surface area contributed by atoms with Crippen molar-refractivity contribution in [3.63, 3.8) is 0 Å². The average molecular weight is 542 g/mol. The molecule has 40 heavy (non-hydrogen) atoms. The van der Waals surface area contributed by atoms with Gasteiger partial charge in [-0.3, -0.25) is 19.0 Å². The van der Waals surface area contributed by atoms with Crippen molar-refractivity contribution in [3.8, 4) is 6.07 Å². The molecule has 0 unspecified atom stereocenters. The van der Waals surface area contributed by atoms with E-state index in [0.717, 1.165) is 50.5 Å². The number of nitriles is 1. The van der Waals surface area contributed by atoms with E-state index in [1.54, 1.807) is 23.3 Å². The first kappa shape index (κ1) is 27.4. The number of hydrogen-bond donors (Lipinski definition) is 0. The molecular weight excluding hydrogens is 498 g/mol. The van der Waals surface area contributed by atoms with Gasteiger partial charge in [0.1, 0.15) is 12.4 Å². The molecule has 6 heteroatoms. The van der Waals surface area contributed by atoms with Crippen LogP contribution in [0.15, 0.2) is 42.0 Å². The summed E-state index contributed by atoms with van der Waals surface area (Å²) in [5, 5.41) is 9.92. The zero-order valence-electron chi connectivity index (χ0n) is 25.1. The minimum absolute atomic E-state index is 0.0241. The summed E-state index contributed by atoms with van der Waals surface area (Å²) < 4.78 is 1.64. The highest BCUT2D eigenvalue weighted by atomic mass is 16.2. The van der Waals surface area contributed by atoms with Crippen LogP contribution in [-0.4, -0.2) is 27.0 Å². The monoisotopic (exact) mass is 541 g/mol. The number of hydrogen-bond acceptors (Lipinski definition) is 5. The summed E-state index contributed by atoms with van der Waals surface area (Å²) in [4.78, 5) is 46.2. The van der Waals surface area contributed by atoms with Gasteiger partial charge in [0.15, 0.2) is 11.6 Å². The number of rotatable bonds is 1. The lowest BCUT2D eigenvalue weighted by atomic mass is 9.34. The standard InChI is InChI=1S/C34H43N3O3/c1-29(2)10-12-34(28(40)37-15-14-36-20-37)13-11-33(7)26(22(34)18-29)23(38)16-25-31(5)17-21(19-35)27(39)30(3,4)24(31)8-9-32(25,33)6/h14-17,20,22,24,26H,8-13,18H2,1-7H3/t22-,24+,26-,31-,32-,33+,34-/m0/s1. The van der Waals surface area contributed by atoms with Crippen molar-refractivity contribution >= 4 is 17.5 Å². The zero-order chi connectivity index (χ0) is 29.1. The Morgan fingerprint density at radius 3 is 2.38 bits per heavy atom. The lowest BCUT2D eigenvalue weighted by molar-refractivity contribution is -0.164. The predicted octanol–water partition coefficient (Wildman–Crippen LogP) is 6.74. The van der Waals surface area contributed by atoms with Crippen molar-refractivity contribution in [2.75, 3.05) is 0 Å². The van der Waals surface area contributed by atoms with E-state index in [-0.39, 0.29) is 57.0 Å². The van der Waals surface area contributed by atoms with Crippen molar-refractivity contribution in [2.24, 2.45) is 50.2 Å². The van der Waals surface area contributed by atoms with Gasteiger partial charge in [-0.2, -0.15) is 5.26 Å². The number of allylic oxidation sites excluding steroid dienone is 4. The number of aromatic nitrogens is 2. The Kier molecular flexibility index (Phi) is 5.57. The highest BCUT2D eigenvalue weighted by Crippen LogP contribution is 2.74. The molecular formula is C34H43N3O3. The third kappa shape index (κ3) is 3.21. The third-order valence-electron chi connectivity index (χ3n) is 13.0. The highest BCUT2D eigenvalue weighted by Gasteiger charge is 2.70. The fraction of sp³-hybridized carbons (Fsp3) is 0.676. The molecule has 1 aromatic heterocycles. The van der Waals surface area contributed by atoms with Gasteiger partial charge in [0.2, 0.25) is 5.91 Å². The van der Waals surface area contributed by atoms with Gasteiger partial charge in [-0.15, -0.1) is 0 Å². The molecule has 7 atom stereocenters. The van der Waals surface area contributed by atoms with Gasteiger partial charge < -0.3 is 0 Å². The van der Waals surface area contributed by atoms with Crippen LogP contribution in [0.1, 0.15) is 98.2 Å². The normalized spacial score (nSPS) is 43.2. The Morgan fingerprint density at radius 1 is 1.02 bits per heavy atom. The van der Waals surface area contributed by atoms with E-state index in [0.29, 0.717) is 0 Å². The Balaban J connectivity index is 1.53. The lowest BCUT2D eigenvalue weighted by Gasteiger charge is -2.69. The Morgan fingerprint density at radius 2 is 1.73 bits per heavy atom. The topological polar surface area (TPSA) is 92.8 Å². The van der Waals surface area contributed by atoms with Crippen LogP contribution in [-0.2, 0) is 9.59 Å². The van der Waals surface area contributed by atoms with Crippen molar-refractivity contribution in [1.82, 2.24) is 9.55 Å². The molecule has 0 saturated heterocycles. The molecule has 212 valence electrons. The summed E-state index contributed by atoms with van der Waals surface area (Å²) in [5.74, 6) is -0.144. The summed E-state index contributed by atoms with van der Waals surface area (Å²) >= 11 is 0. The summed E-state index contributed by atoms with van der Waals surface area (Å²) in [7, 11) is 0. The predicted molar refractivity (Wildman–Crippen MR) is 152 cm³/mol. The van der Waals surface area contributed by atoms with Crippen molar-refractivity contribution in [3.05, 3.63) is 42.0 Å². The third-order valence-corrected chi connectivity index (χ3v) is 13.0. The summed E-state index contributed by atoms with van der Waals surface area (Å²) in [5.41, 5.74) is -1.05. The smallest absolute Gasteiger partial charge is 0.238 e. The summed E-state index contributed by atoms with van der Waals surface area (Å²) in [6.07, 6.45) is 14.7. The maximum absolute atomic E-state index is 14.6. The summed E-state index contributed by atoms with van der Waals surface area (Å²) in [6.45, 7) is 15.3. The second-order valence-electron chi connectivity index (χ2n) is 15.7. The minimum Gasteiger partial charge on any atom is -0.295 e. The van der Waals surface area contributed by atoms with Crippen LogP contribution in [0.5, 0.6) is 0 Å². The van der Waals surface area contributed by atoms with Crippen LogP contribution in [0.25, 0.3) is 0 Å². The molecule has 5 aliphatic carbocycles. The number of fused-ring (bicyclic) bond motifs is 7. The first-order valence-electron chi connectivity index (χ1n) is 15.0. The van der Waals surface area contributed by atoms with Crippen molar-refractivity contribution in [2.45, 2.75) is 93.4 Å². The van der Waals surface area contributed by atoms with Crippen LogP contribution in [0.2, 0.25) is 0 Å². The fourth-order valence-corrected chi connectivity index (χ4v) is 10.6. The molecule has 0 N–H and O–H groups in total. The van der Waals surface area contributed by atoms with Gasteiger partial charge in [0, 0.05) is 29.1 Å². The number of imidazole rings is 1. The van der Waals surface area contributed by atoms with Crippen molar-refractivity contribution < 1.29 is 14.4 Å². The van der Waals surface area contributed by atoms with Crippen molar-refractivity contribution in [1.29, 1.82) is 5.26 Å². The van der Waals surface area contributed by atoms with Crippen LogP contribution < -0.4 is 0 Å². The van der Waals surface area contributed by atoms with Gasteiger partial charge in [-0.25, -0.2) is 4.98 Å². The second-order valence-corrected chi connectivity index (χ2v) is 15.7. The Bertz CT molecular complexity index is 1420. The van der Waals surface area contributed by atoms with Gasteiger partial charge in [-0.1, -0.05) is 60.1 Å². The number of carbonyl (C=O) groups excluding carboxylic acids is 3. The molecule has 1 aromatic rings. The quantitative estimate of drug-likeness (QED) is 0.392. The Labute approximate surface area is 238 Å². The molecule has 5 aliphatic rings. The lowest BCUT2D eigenvalue weighted by Crippen LogP contribution is -2.66. The van der Waals surface area contributed by atoms with Gasteiger partial charge in [0.05, 0.1) is 11.0 Å². The number of Topliss-reactive ketones (excluding diaryl/α,β-unsaturated/α-hetero) is 1. The van der Waals surface area contributed by atoms with Gasteiger partial charge in [-0.05, 0) is 79.1 Å². The van der Waals surface area contributed by atoms with Gasteiger partial charge in [0.25, 0.3) is 0 Å². The highest BCUT2D eigenvalue weighted by molar-refractivity contribution is 6.04. The molecule has 0 amide bonds. The van der Waals surface area contributed by atoms with E-state index in [2.05, 4.69) is 45.7 Å². The average Bonchev–Trinajstić information content (AvgIpc) is 3.42. The summed E-state index contributed by atoms with van der Waals surface area (Å²) in [6, 6.07) is 2.18. The van der Waals surface area contributed by atoms with Crippen LogP contribution >= 0.6 is 0 Å². The molecule has 0 radical (unpaired) electrons. The maximum atomic E-state index is 14.6. The number of carbonyl (C=O) groups is 3. The van der Waals surface area contributed by atoms with E-state index in [9.17, 15) is 19.6 Å². The van der Waals surface area contributed by atoms with Crippen LogP contribution in [0.3, 0.4) is 0 Å². The first-order chi connectivity index (χ1) is 18.6. The Hall–Kier alpha value is -2.81. The molecule has 0 spiro atoms. The van der Waals surface area contributed by atoms with E-state index in [4.69, 9.17) is 0 Å². The van der Waals surface area contributed by atoms with E-state index < -0.39 is 16.2 Å². The molecule has 3 saturated carbocycles.